The highest BCUT2D eigenvalue weighted by atomic mass is 19.1. The van der Waals surface area contributed by atoms with Crippen LogP contribution >= 0.6 is 0 Å². The van der Waals surface area contributed by atoms with Gasteiger partial charge in [0.05, 0.1) is 17.3 Å². The molecule has 210 valence electrons. The zero-order valence-corrected chi connectivity index (χ0v) is 22.4. The third-order valence-corrected chi connectivity index (χ3v) is 7.51. The first kappa shape index (κ1) is 25.7. The number of H-pyrrole nitrogens is 2. The summed E-state index contributed by atoms with van der Waals surface area (Å²) < 4.78 is 14.0. The predicted octanol–water partition coefficient (Wildman–Crippen LogP) is 4.80. The number of pyridine rings is 3. The molecule has 1 amide bonds. The molecule has 6 heterocycles. The Labute approximate surface area is 238 Å². The van der Waals surface area contributed by atoms with Gasteiger partial charge in [0.1, 0.15) is 22.8 Å². The van der Waals surface area contributed by atoms with Gasteiger partial charge >= 0.3 is 0 Å². The minimum absolute atomic E-state index is 0.0159. The molecule has 0 atom stereocenters. The normalized spacial score (nSPS) is 14.0. The molecule has 5 aromatic heterocycles. The van der Waals surface area contributed by atoms with Gasteiger partial charge in [0.15, 0.2) is 17.1 Å². The molecule has 1 saturated heterocycles. The number of aromatic amines is 2. The second-order valence-corrected chi connectivity index (χ2v) is 10.4. The van der Waals surface area contributed by atoms with Gasteiger partial charge in [-0.2, -0.15) is 5.10 Å². The van der Waals surface area contributed by atoms with Crippen LogP contribution < -0.4 is 10.6 Å². The summed E-state index contributed by atoms with van der Waals surface area (Å²) in [5, 5.41) is 24.3. The molecule has 42 heavy (non-hydrogen) atoms. The highest BCUT2D eigenvalue weighted by Gasteiger charge is 2.19. The van der Waals surface area contributed by atoms with Crippen molar-refractivity contribution in [3.63, 3.8) is 0 Å². The average Bonchev–Trinajstić information content (AvgIpc) is 3.61. The van der Waals surface area contributed by atoms with E-state index in [2.05, 4.69) is 40.8 Å². The lowest BCUT2D eigenvalue weighted by Gasteiger charge is -2.21. The maximum atomic E-state index is 14.0. The van der Waals surface area contributed by atoms with E-state index in [0.717, 1.165) is 48.5 Å². The lowest BCUT2D eigenvalue weighted by Crippen LogP contribution is -2.30. The first-order valence-corrected chi connectivity index (χ1v) is 13.7. The summed E-state index contributed by atoms with van der Waals surface area (Å²) in [6, 6.07) is 9.39. The van der Waals surface area contributed by atoms with Gasteiger partial charge in [-0.1, -0.05) is 0 Å². The molecule has 5 N–H and O–H groups in total. The summed E-state index contributed by atoms with van der Waals surface area (Å²) in [5.74, 6) is 0.0924. The number of piperidine rings is 1. The van der Waals surface area contributed by atoms with E-state index in [1.165, 1.54) is 12.1 Å². The number of nitrogens with one attached hydrogen (secondary N) is 4. The summed E-state index contributed by atoms with van der Waals surface area (Å²) in [7, 11) is 0. The van der Waals surface area contributed by atoms with Crippen LogP contribution in [0, 0.1) is 11.7 Å². The fourth-order valence-electron chi connectivity index (χ4n) is 5.45. The molecule has 0 saturated carbocycles. The standard InChI is InChI=1S/C30H26FN9O2/c31-20-8-17(10-22(41)12-20)23-3-6-34-29-26(23)37-30(38-29)27-24-11-19(14-35-28(24)40-39-27)18-9-21(15-33-13-18)36-25(42)7-16-1-4-32-5-2-16/h3,6,8-16,32,41H,1-2,4-5,7H2,(H,36,42)(H,34,37,38)(H,35,39,40). The van der Waals surface area contributed by atoms with Crippen LogP contribution in [0.15, 0.2) is 61.2 Å². The molecule has 12 heteroatoms. The molecule has 1 aliphatic heterocycles. The minimum atomic E-state index is -0.553. The van der Waals surface area contributed by atoms with E-state index >= 15 is 0 Å². The summed E-state index contributed by atoms with van der Waals surface area (Å²) in [6.45, 7) is 1.90. The molecular weight excluding hydrogens is 537 g/mol. The van der Waals surface area contributed by atoms with Gasteiger partial charge in [-0.3, -0.25) is 14.9 Å². The number of carbonyl (C=O) groups is 1. The lowest BCUT2D eigenvalue weighted by atomic mass is 9.94. The number of hydrogen-bond donors (Lipinski definition) is 5. The minimum Gasteiger partial charge on any atom is -0.508 e. The van der Waals surface area contributed by atoms with E-state index in [4.69, 9.17) is 4.98 Å². The first-order valence-electron chi connectivity index (χ1n) is 13.7. The fraction of sp³-hybridized carbons (Fsp3) is 0.200. The molecule has 0 unspecified atom stereocenters. The predicted molar refractivity (Wildman–Crippen MR) is 156 cm³/mol. The molecule has 0 spiro atoms. The van der Waals surface area contributed by atoms with E-state index in [9.17, 15) is 14.3 Å². The van der Waals surface area contributed by atoms with Crippen molar-refractivity contribution in [1.82, 2.24) is 40.4 Å². The first-order chi connectivity index (χ1) is 20.5. The summed E-state index contributed by atoms with van der Waals surface area (Å²) >= 11 is 0. The van der Waals surface area contributed by atoms with Crippen LogP contribution in [-0.4, -0.2) is 59.2 Å². The van der Waals surface area contributed by atoms with Crippen molar-refractivity contribution in [2.45, 2.75) is 19.3 Å². The molecule has 1 aromatic carbocycles. The van der Waals surface area contributed by atoms with E-state index in [1.54, 1.807) is 30.9 Å². The van der Waals surface area contributed by atoms with Crippen molar-refractivity contribution < 1.29 is 14.3 Å². The number of imidazole rings is 1. The Morgan fingerprint density at radius 2 is 1.86 bits per heavy atom. The van der Waals surface area contributed by atoms with E-state index in [0.29, 0.717) is 57.5 Å². The van der Waals surface area contributed by atoms with Gasteiger partial charge in [0, 0.05) is 47.8 Å². The van der Waals surface area contributed by atoms with Gasteiger partial charge in [-0.25, -0.2) is 19.3 Å². The summed E-state index contributed by atoms with van der Waals surface area (Å²) in [5.41, 5.74) is 5.39. The second-order valence-electron chi connectivity index (χ2n) is 10.4. The van der Waals surface area contributed by atoms with Crippen LogP contribution in [0.1, 0.15) is 19.3 Å². The van der Waals surface area contributed by atoms with Crippen molar-refractivity contribution in [2.24, 2.45) is 5.92 Å². The largest absolute Gasteiger partial charge is 0.508 e. The molecular formula is C30H26FN9O2. The lowest BCUT2D eigenvalue weighted by molar-refractivity contribution is -0.117. The van der Waals surface area contributed by atoms with Gasteiger partial charge < -0.3 is 20.7 Å². The number of amides is 1. The number of nitrogens with zero attached hydrogens (tertiary/aromatic N) is 5. The van der Waals surface area contributed by atoms with Crippen LogP contribution in [0.4, 0.5) is 10.1 Å². The number of halogens is 1. The number of fused-ring (bicyclic) bond motifs is 2. The van der Waals surface area contributed by atoms with Gasteiger partial charge in [-0.05, 0) is 67.7 Å². The van der Waals surface area contributed by atoms with Crippen molar-refractivity contribution in [1.29, 1.82) is 0 Å². The summed E-state index contributed by atoms with van der Waals surface area (Å²) in [6.07, 6.45) is 9.16. The maximum Gasteiger partial charge on any atom is 0.224 e. The van der Waals surface area contributed by atoms with Gasteiger partial charge in [-0.15, -0.1) is 0 Å². The molecule has 1 aliphatic rings. The van der Waals surface area contributed by atoms with Gasteiger partial charge in [0.25, 0.3) is 0 Å². The van der Waals surface area contributed by atoms with E-state index in [1.807, 2.05) is 12.1 Å². The highest BCUT2D eigenvalue weighted by Crippen LogP contribution is 2.33. The monoisotopic (exact) mass is 563 g/mol. The molecule has 0 radical (unpaired) electrons. The molecule has 7 rings (SSSR count). The quantitative estimate of drug-likeness (QED) is 0.193. The number of rotatable bonds is 6. The van der Waals surface area contributed by atoms with Crippen LogP contribution in [-0.2, 0) is 4.79 Å². The van der Waals surface area contributed by atoms with Crippen molar-refractivity contribution in [3.8, 4) is 39.5 Å². The SMILES string of the molecule is O=C(CC1CCNCC1)Nc1cncc(-c2cnc3[nH]nc(-c4nc5c(-c6cc(O)cc(F)c6)ccnc5[nH]4)c3c2)c1. The Morgan fingerprint density at radius 3 is 2.71 bits per heavy atom. The van der Waals surface area contributed by atoms with E-state index in [-0.39, 0.29) is 11.7 Å². The zero-order chi connectivity index (χ0) is 28.6. The maximum absolute atomic E-state index is 14.0. The van der Waals surface area contributed by atoms with Crippen LogP contribution in [0.2, 0.25) is 0 Å². The van der Waals surface area contributed by atoms with Crippen molar-refractivity contribution in [3.05, 3.63) is 67.0 Å². The fourth-order valence-corrected chi connectivity index (χ4v) is 5.45. The molecule has 1 fully saturated rings. The number of carbonyl (C=O) groups excluding carboxylic acids is 1. The number of hydrogen-bond acceptors (Lipinski definition) is 8. The van der Waals surface area contributed by atoms with Crippen LogP contribution in [0.3, 0.4) is 0 Å². The number of benzene rings is 1. The van der Waals surface area contributed by atoms with Crippen molar-refractivity contribution in [2.75, 3.05) is 18.4 Å². The topological polar surface area (TPSA) is 157 Å². The van der Waals surface area contributed by atoms with E-state index < -0.39 is 5.82 Å². The Bertz CT molecular complexity index is 1920. The third kappa shape index (κ3) is 5.03. The molecule has 11 nitrogen and oxygen atoms in total. The Balaban J connectivity index is 1.20. The Kier molecular flexibility index (Phi) is 6.51. The number of anilines is 1. The zero-order valence-electron chi connectivity index (χ0n) is 22.4. The summed E-state index contributed by atoms with van der Waals surface area (Å²) in [4.78, 5) is 33.9. The number of phenols is 1. The second kappa shape index (κ2) is 10.6. The number of aromatic nitrogens is 7. The molecule has 0 bridgehead atoms. The average molecular weight is 564 g/mol. The van der Waals surface area contributed by atoms with Crippen LogP contribution in [0.25, 0.3) is 56.0 Å². The van der Waals surface area contributed by atoms with Crippen molar-refractivity contribution >= 4 is 33.8 Å². The molecule has 6 aromatic rings. The van der Waals surface area contributed by atoms with Gasteiger partial charge in [0.2, 0.25) is 5.91 Å². The van der Waals surface area contributed by atoms with Crippen LogP contribution in [0.5, 0.6) is 5.75 Å². The number of aromatic hydroxyl groups is 1. The highest BCUT2D eigenvalue weighted by molar-refractivity contribution is 5.96. The smallest absolute Gasteiger partial charge is 0.224 e. The molecule has 0 aliphatic carbocycles. The number of phenolic OH excluding ortho intramolecular Hbond substituents is 1. The Hall–Kier alpha value is -5.23. The third-order valence-electron chi connectivity index (χ3n) is 7.51. The Morgan fingerprint density at radius 1 is 1.00 bits per heavy atom.